The molecule has 0 saturated heterocycles. The molecule has 0 aliphatic carbocycles. The van der Waals surface area contributed by atoms with Crippen LogP contribution in [0.1, 0.15) is 5.56 Å². The molecular formula is C17H16N4O4S2. The lowest BCUT2D eigenvalue weighted by Gasteiger charge is -2.08. The second-order valence-corrected chi connectivity index (χ2v) is 8.19. The molecule has 2 heterocycles. The SMILES string of the molecule is NS(=O)(=O)c1ccc(CNC(=O)Cn2cnc(-c3cccs3)cc2=O)cc1. The number of amides is 1. The number of aromatic nitrogens is 2. The van der Waals surface area contributed by atoms with Crippen LogP contribution in [-0.2, 0) is 27.9 Å². The number of thiophene rings is 1. The highest BCUT2D eigenvalue weighted by atomic mass is 32.2. The third kappa shape index (κ3) is 4.88. The number of rotatable bonds is 6. The smallest absolute Gasteiger partial charge is 0.254 e. The Bertz CT molecular complexity index is 1100. The highest BCUT2D eigenvalue weighted by molar-refractivity contribution is 7.89. The van der Waals surface area contributed by atoms with Gasteiger partial charge in [-0.15, -0.1) is 11.3 Å². The lowest BCUT2D eigenvalue weighted by Crippen LogP contribution is -2.31. The summed E-state index contributed by atoms with van der Waals surface area (Å²) < 4.78 is 23.6. The molecule has 0 aliphatic heterocycles. The number of benzene rings is 1. The van der Waals surface area contributed by atoms with E-state index in [0.29, 0.717) is 11.3 Å². The summed E-state index contributed by atoms with van der Waals surface area (Å²) in [5.41, 5.74) is 0.955. The molecule has 10 heteroatoms. The monoisotopic (exact) mass is 404 g/mol. The molecule has 140 valence electrons. The highest BCUT2D eigenvalue weighted by Crippen LogP contribution is 2.20. The van der Waals surface area contributed by atoms with Gasteiger partial charge in [0, 0.05) is 12.6 Å². The quantitative estimate of drug-likeness (QED) is 0.633. The van der Waals surface area contributed by atoms with Crippen molar-refractivity contribution in [3.05, 3.63) is 70.1 Å². The van der Waals surface area contributed by atoms with Crippen LogP contribution >= 0.6 is 11.3 Å². The molecule has 0 aliphatic rings. The van der Waals surface area contributed by atoms with Crippen LogP contribution in [0.3, 0.4) is 0 Å². The van der Waals surface area contributed by atoms with Gasteiger partial charge < -0.3 is 5.32 Å². The summed E-state index contributed by atoms with van der Waals surface area (Å²) in [6.07, 6.45) is 1.35. The standard InChI is InChI=1S/C17H16N4O4S2/c18-27(24,25)13-5-3-12(4-6-13)9-19-16(22)10-21-11-20-14(8-17(21)23)15-2-1-7-26-15/h1-8,11H,9-10H2,(H,19,22)(H2,18,24,25). The molecule has 3 N–H and O–H groups in total. The minimum Gasteiger partial charge on any atom is -0.350 e. The van der Waals surface area contributed by atoms with E-state index in [1.54, 1.807) is 12.1 Å². The number of carbonyl (C=O) groups is 1. The molecule has 0 atom stereocenters. The fourth-order valence-corrected chi connectivity index (χ4v) is 3.52. The van der Waals surface area contributed by atoms with E-state index in [9.17, 15) is 18.0 Å². The van der Waals surface area contributed by atoms with Crippen molar-refractivity contribution < 1.29 is 13.2 Å². The second kappa shape index (κ2) is 7.82. The van der Waals surface area contributed by atoms with Gasteiger partial charge in [-0.25, -0.2) is 18.5 Å². The van der Waals surface area contributed by atoms with Crippen LogP contribution in [0.5, 0.6) is 0 Å². The van der Waals surface area contributed by atoms with Crippen LogP contribution in [0.25, 0.3) is 10.6 Å². The Hall–Kier alpha value is -2.82. The van der Waals surface area contributed by atoms with Gasteiger partial charge in [-0.1, -0.05) is 18.2 Å². The summed E-state index contributed by atoms with van der Waals surface area (Å²) in [6.45, 7) is 0.0327. The van der Waals surface area contributed by atoms with Crippen LogP contribution in [0.4, 0.5) is 0 Å². The van der Waals surface area contributed by atoms with Crippen molar-refractivity contribution in [2.24, 2.45) is 5.14 Å². The van der Waals surface area contributed by atoms with Gasteiger partial charge in [-0.2, -0.15) is 0 Å². The van der Waals surface area contributed by atoms with Gasteiger partial charge in [-0.05, 0) is 29.1 Å². The molecule has 2 aromatic heterocycles. The minimum atomic E-state index is -3.75. The van der Waals surface area contributed by atoms with Crippen LogP contribution in [-0.4, -0.2) is 23.9 Å². The van der Waals surface area contributed by atoms with E-state index >= 15 is 0 Å². The van der Waals surface area contributed by atoms with Gasteiger partial charge >= 0.3 is 0 Å². The number of primary sulfonamides is 1. The van der Waals surface area contributed by atoms with Gasteiger partial charge in [0.2, 0.25) is 15.9 Å². The number of hydrogen-bond donors (Lipinski definition) is 2. The zero-order valence-corrected chi connectivity index (χ0v) is 15.7. The van der Waals surface area contributed by atoms with E-state index in [1.807, 2.05) is 17.5 Å². The van der Waals surface area contributed by atoms with Crippen molar-refractivity contribution in [2.75, 3.05) is 0 Å². The van der Waals surface area contributed by atoms with E-state index in [1.165, 1.54) is 40.4 Å². The summed E-state index contributed by atoms with van der Waals surface area (Å²) in [7, 11) is -3.75. The zero-order chi connectivity index (χ0) is 19.4. The fraction of sp³-hybridized carbons (Fsp3) is 0.118. The van der Waals surface area contributed by atoms with Crippen molar-refractivity contribution in [3.63, 3.8) is 0 Å². The van der Waals surface area contributed by atoms with E-state index in [2.05, 4.69) is 10.3 Å². The Kier molecular flexibility index (Phi) is 5.49. The Balaban J connectivity index is 1.60. The van der Waals surface area contributed by atoms with E-state index in [0.717, 1.165) is 4.88 Å². The average molecular weight is 404 g/mol. The first-order chi connectivity index (χ1) is 12.8. The summed E-state index contributed by atoms with van der Waals surface area (Å²) in [6, 6.07) is 11.0. The predicted octanol–water partition coefficient (Wildman–Crippen LogP) is 0.936. The molecule has 27 heavy (non-hydrogen) atoms. The number of carbonyl (C=O) groups excluding carboxylic acids is 1. The Labute approximate surface area is 159 Å². The first-order valence-electron chi connectivity index (χ1n) is 7.82. The molecule has 3 aromatic rings. The minimum absolute atomic E-state index is 0.000957. The first-order valence-corrected chi connectivity index (χ1v) is 10.2. The fourth-order valence-electron chi connectivity index (χ4n) is 2.31. The predicted molar refractivity (Wildman–Crippen MR) is 101 cm³/mol. The van der Waals surface area contributed by atoms with Gasteiger partial charge in [-0.3, -0.25) is 14.2 Å². The Morgan fingerprint density at radius 2 is 1.96 bits per heavy atom. The topological polar surface area (TPSA) is 124 Å². The van der Waals surface area contributed by atoms with Gasteiger partial charge in [0.05, 0.1) is 21.8 Å². The molecule has 3 rings (SSSR count). The molecule has 0 bridgehead atoms. The lowest BCUT2D eigenvalue weighted by molar-refractivity contribution is -0.121. The molecule has 0 radical (unpaired) electrons. The Morgan fingerprint density at radius 3 is 2.56 bits per heavy atom. The number of hydrogen-bond acceptors (Lipinski definition) is 6. The Morgan fingerprint density at radius 1 is 1.22 bits per heavy atom. The largest absolute Gasteiger partial charge is 0.350 e. The second-order valence-electron chi connectivity index (χ2n) is 5.68. The number of nitrogens with one attached hydrogen (secondary N) is 1. The maximum atomic E-state index is 12.2. The average Bonchev–Trinajstić information content (AvgIpc) is 3.16. The number of nitrogens with two attached hydrogens (primary N) is 1. The van der Waals surface area contributed by atoms with Crippen LogP contribution < -0.4 is 16.0 Å². The molecule has 1 amide bonds. The third-order valence-electron chi connectivity index (χ3n) is 3.71. The molecule has 8 nitrogen and oxygen atoms in total. The van der Waals surface area contributed by atoms with E-state index in [-0.39, 0.29) is 29.5 Å². The zero-order valence-electron chi connectivity index (χ0n) is 14.0. The van der Waals surface area contributed by atoms with Gasteiger partial charge in [0.1, 0.15) is 6.54 Å². The highest BCUT2D eigenvalue weighted by Gasteiger charge is 2.09. The molecule has 1 aromatic carbocycles. The summed E-state index contributed by atoms with van der Waals surface area (Å²) >= 11 is 1.48. The summed E-state index contributed by atoms with van der Waals surface area (Å²) in [4.78, 5) is 29.3. The summed E-state index contributed by atoms with van der Waals surface area (Å²) in [5, 5.41) is 9.60. The van der Waals surface area contributed by atoms with E-state index < -0.39 is 10.0 Å². The first kappa shape index (κ1) is 19.0. The molecule has 0 spiro atoms. The number of sulfonamides is 1. The maximum absolute atomic E-state index is 12.2. The normalized spacial score (nSPS) is 11.3. The molecule has 0 saturated carbocycles. The van der Waals surface area contributed by atoms with E-state index in [4.69, 9.17) is 5.14 Å². The van der Waals surface area contributed by atoms with Crippen molar-refractivity contribution in [3.8, 4) is 10.6 Å². The lowest BCUT2D eigenvalue weighted by atomic mass is 10.2. The van der Waals surface area contributed by atoms with Crippen molar-refractivity contribution >= 4 is 27.3 Å². The molecular weight excluding hydrogens is 388 g/mol. The van der Waals surface area contributed by atoms with Crippen LogP contribution in [0, 0.1) is 0 Å². The molecule has 0 fully saturated rings. The van der Waals surface area contributed by atoms with Crippen molar-refractivity contribution in [1.29, 1.82) is 0 Å². The van der Waals surface area contributed by atoms with Crippen molar-refractivity contribution in [1.82, 2.24) is 14.9 Å². The molecule has 0 unspecified atom stereocenters. The van der Waals surface area contributed by atoms with Crippen molar-refractivity contribution in [2.45, 2.75) is 18.0 Å². The number of nitrogens with zero attached hydrogens (tertiary/aromatic N) is 2. The van der Waals surface area contributed by atoms with Crippen LogP contribution in [0.15, 0.2) is 63.9 Å². The summed E-state index contributed by atoms with van der Waals surface area (Å²) in [5.74, 6) is -0.363. The third-order valence-corrected chi connectivity index (χ3v) is 5.53. The van der Waals surface area contributed by atoms with Gasteiger partial charge in [0.25, 0.3) is 5.56 Å². The van der Waals surface area contributed by atoms with Crippen LogP contribution in [0.2, 0.25) is 0 Å². The maximum Gasteiger partial charge on any atom is 0.254 e. The van der Waals surface area contributed by atoms with Gasteiger partial charge in [0.15, 0.2) is 0 Å².